The minimum absolute atomic E-state index is 0.123. The molecule has 0 spiro atoms. The van der Waals surface area contributed by atoms with Crippen molar-refractivity contribution in [3.63, 3.8) is 0 Å². The molecule has 0 radical (unpaired) electrons. The van der Waals surface area contributed by atoms with E-state index in [1.807, 2.05) is 31.2 Å². The van der Waals surface area contributed by atoms with Crippen LogP contribution in [-0.2, 0) is 4.79 Å². The minimum atomic E-state index is 0.123. The van der Waals surface area contributed by atoms with Crippen LogP contribution in [0.25, 0.3) is 0 Å². The maximum atomic E-state index is 11.7. The van der Waals surface area contributed by atoms with Crippen molar-refractivity contribution in [1.29, 1.82) is 0 Å². The highest BCUT2D eigenvalue weighted by atomic mass is 35.5. The lowest BCUT2D eigenvalue weighted by atomic mass is 10.1. The first-order valence-corrected chi connectivity index (χ1v) is 7.53. The van der Waals surface area contributed by atoms with Crippen LogP contribution < -0.4 is 5.32 Å². The van der Waals surface area contributed by atoms with Crippen molar-refractivity contribution in [3.8, 4) is 0 Å². The molecule has 0 heterocycles. The highest BCUT2D eigenvalue weighted by molar-refractivity contribution is 7.99. The molecular formula is C14H20ClNOS. The van der Waals surface area contributed by atoms with E-state index in [9.17, 15) is 4.79 Å². The summed E-state index contributed by atoms with van der Waals surface area (Å²) in [5, 5.41) is 3.74. The van der Waals surface area contributed by atoms with Gasteiger partial charge in [-0.1, -0.05) is 25.4 Å². The van der Waals surface area contributed by atoms with Crippen molar-refractivity contribution in [1.82, 2.24) is 5.32 Å². The maximum Gasteiger partial charge on any atom is 0.221 e. The third-order valence-electron chi connectivity index (χ3n) is 2.80. The van der Waals surface area contributed by atoms with Gasteiger partial charge in [0.1, 0.15) is 0 Å². The van der Waals surface area contributed by atoms with Crippen molar-refractivity contribution in [3.05, 3.63) is 29.3 Å². The summed E-state index contributed by atoms with van der Waals surface area (Å²) in [5.41, 5.74) is 0. The predicted octanol–water partition coefficient (Wildman–Crippen LogP) is 3.98. The molecule has 0 saturated heterocycles. The van der Waals surface area contributed by atoms with Gasteiger partial charge in [-0.2, -0.15) is 0 Å². The van der Waals surface area contributed by atoms with Gasteiger partial charge < -0.3 is 5.32 Å². The van der Waals surface area contributed by atoms with E-state index in [0.29, 0.717) is 12.3 Å². The van der Waals surface area contributed by atoms with E-state index in [4.69, 9.17) is 11.6 Å². The molecule has 4 heteroatoms. The zero-order chi connectivity index (χ0) is 13.5. The number of carbonyl (C=O) groups excluding carboxylic acids is 1. The first-order valence-electron chi connectivity index (χ1n) is 6.16. The lowest BCUT2D eigenvalue weighted by Crippen LogP contribution is -2.36. The first kappa shape index (κ1) is 15.4. The molecular weight excluding hydrogens is 266 g/mol. The Hall–Kier alpha value is -0.670. The first-order chi connectivity index (χ1) is 8.49. The molecule has 1 aromatic carbocycles. The predicted molar refractivity (Wildman–Crippen MR) is 79.2 cm³/mol. The third kappa shape index (κ3) is 5.78. The van der Waals surface area contributed by atoms with Crippen molar-refractivity contribution in [2.75, 3.05) is 5.75 Å². The van der Waals surface area contributed by atoms with E-state index in [0.717, 1.165) is 15.7 Å². The fraction of sp³-hybridized carbons (Fsp3) is 0.500. The summed E-state index contributed by atoms with van der Waals surface area (Å²) in [6.45, 7) is 6.25. The second kappa shape index (κ2) is 7.70. The SMILES string of the molecule is CC(C)[C@H](C)NC(=O)CCSc1ccc(Cl)cc1. The molecule has 1 aromatic rings. The molecule has 0 aliphatic carbocycles. The average molecular weight is 286 g/mol. The van der Waals surface area contributed by atoms with Crippen molar-refractivity contribution < 1.29 is 4.79 Å². The van der Waals surface area contributed by atoms with Crippen molar-refractivity contribution >= 4 is 29.3 Å². The Morgan fingerprint density at radius 2 is 1.89 bits per heavy atom. The van der Waals surface area contributed by atoms with E-state index in [2.05, 4.69) is 19.2 Å². The van der Waals surface area contributed by atoms with Crippen molar-refractivity contribution in [2.45, 2.75) is 38.1 Å². The number of halogens is 1. The number of hydrogen-bond donors (Lipinski definition) is 1. The minimum Gasteiger partial charge on any atom is -0.353 e. The van der Waals surface area contributed by atoms with Gasteiger partial charge in [-0.25, -0.2) is 0 Å². The van der Waals surface area contributed by atoms with Gasteiger partial charge in [-0.05, 0) is 37.1 Å². The largest absolute Gasteiger partial charge is 0.353 e. The topological polar surface area (TPSA) is 29.1 Å². The Balaban J connectivity index is 2.25. The van der Waals surface area contributed by atoms with Gasteiger partial charge >= 0.3 is 0 Å². The van der Waals surface area contributed by atoms with E-state index in [1.165, 1.54) is 0 Å². The van der Waals surface area contributed by atoms with E-state index >= 15 is 0 Å². The van der Waals surface area contributed by atoms with Gasteiger partial charge in [0.2, 0.25) is 5.91 Å². The van der Waals surface area contributed by atoms with Gasteiger partial charge in [0.25, 0.3) is 0 Å². The summed E-state index contributed by atoms with van der Waals surface area (Å²) in [6, 6.07) is 7.91. The zero-order valence-electron chi connectivity index (χ0n) is 11.1. The number of hydrogen-bond acceptors (Lipinski definition) is 2. The third-order valence-corrected chi connectivity index (χ3v) is 4.07. The molecule has 0 fully saturated rings. The van der Waals surface area contributed by atoms with Crippen LogP contribution in [0.3, 0.4) is 0 Å². The molecule has 0 saturated carbocycles. The molecule has 18 heavy (non-hydrogen) atoms. The summed E-state index contributed by atoms with van der Waals surface area (Å²) in [7, 11) is 0. The van der Waals surface area contributed by atoms with E-state index in [1.54, 1.807) is 11.8 Å². The fourth-order valence-corrected chi connectivity index (χ4v) is 2.26. The summed E-state index contributed by atoms with van der Waals surface area (Å²) in [5.74, 6) is 1.38. The molecule has 0 bridgehead atoms. The van der Waals surface area contributed by atoms with Crippen LogP contribution in [0, 0.1) is 5.92 Å². The Morgan fingerprint density at radius 1 is 1.28 bits per heavy atom. The molecule has 0 aliphatic heterocycles. The highest BCUT2D eigenvalue weighted by Crippen LogP contribution is 2.20. The monoisotopic (exact) mass is 285 g/mol. The lowest BCUT2D eigenvalue weighted by molar-refractivity contribution is -0.121. The number of thioether (sulfide) groups is 1. The maximum absolute atomic E-state index is 11.7. The van der Waals surface area contributed by atoms with Crippen LogP contribution >= 0.6 is 23.4 Å². The smallest absolute Gasteiger partial charge is 0.221 e. The Labute approximate surface area is 118 Å². The molecule has 1 atom stereocenters. The molecule has 0 aliphatic rings. The second-order valence-corrected chi connectivity index (χ2v) is 6.26. The normalized spacial score (nSPS) is 12.5. The molecule has 1 N–H and O–H groups in total. The second-order valence-electron chi connectivity index (χ2n) is 4.65. The number of nitrogens with one attached hydrogen (secondary N) is 1. The molecule has 1 rings (SSSR count). The van der Waals surface area contributed by atoms with Crippen LogP contribution in [-0.4, -0.2) is 17.7 Å². The summed E-state index contributed by atoms with van der Waals surface area (Å²) in [4.78, 5) is 12.8. The quantitative estimate of drug-likeness (QED) is 0.801. The Morgan fingerprint density at radius 3 is 2.44 bits per heavy atom. The van der Waals surface area contributed by atoms with Crippen LogP contribution in [0.1, 0.15) is 27.2 Å². The summed E-state index contributed by atoms with van der Waals surface area (Å²) in [6.07, 6.45) is 0.546. The molecule has 0 unspecified atom stereocenters. The summed E-state index contributed by atoms with van der Waals surface area (Å²) >= 11 is 7.48. The average Bonchev–Trinajstić information content (AvgIpc) is 2.31. The van der Waals surface area contributed by atoms with Gasteiger partial charge in [-0.3, -0.25) is 4.79 Å². The van der Waals surface area contributed by atoms with Gasteiger partial charge in [0.05, 0.1) is 0 Å². The number of amides is 1. The highest BCUT2D eigenvalue weighted by Gasteiger charge is 2.10. The van der Waals surface area contributed by atoms with Gasteiger partial charge in [0.15, 0.2) is 0 Å². The van der Waals surface area contributed by atoms with Gasteiger partial charge in [-0.15, -0.1) is 11.8 Å². The molecule has 100 valence electrons. The number of benzene rings is 1. The number of rotatable bonds is 6. The van der Waals surface area contributed by atoms with E-state index < -0.39 is 0 Å². The Kier molecular flexibility index (Phi) is 6.58. The van der Waals surface area contributed by atoms with Crippen molar-refractivity contribution in [2.24, 2.45) is 5.92 Å². The number of carbonyl (C=O) groups is 1. The molecule has 0 aromatic heterocycles. The van der Waals surface area contributed by atoms with Crippen LogP contribution in [0.2, 0.25) is 5.02 Å². The zero-order valence-corrected chi connectivity index (χ0v) is 12.6. The van der Waals surface area contributed by atoms with E-state index in [-0.39, 0.29) is 11.9 Å². The van der Waals surface area contributed by atoms with Crippen LogP contribution in [0.4, 0.5) is 0 Å². The van der Waals surface area contributed by atoms with Crippen LogP contribution in [0.5, 0.6) is 0 Å². The molecule has 1 amide bonds. The Bertz CT molecular complexity index is 378. The lowest BCUT2D eigenvalue weighted by Gasteiger charge is -2.17. The summed E-state index contributed by atoms with van der Waals surface area (Å²) < 4.78 is 0. The standard InChI is InChI=1S/C14H20ClNOS/c1-10(2)11(3)16-14(17)8-9-18-13-6-4-12(15)5-7-13/h4-7,10-11H,8-9H2,1-3H3,(H,16,17)/t11-/m0/s1. The van der Waals surface area contributed by atoms with Gasteiger partial charge in [0, 0.05) is 28.1 Å². The molecule has 2 nitrogen and oxygen atoms in total. The fourth-order valence-electron chi connectivity index (χ4n) is 1.29. The van der Waals surface area contributed by atoms with Crippen LogP contribution in [0.15, 0.2) is 29.2 Å².